The first-order chi connectivity index (χ1) is 10.2. The van der Waals surface area contributed by atoms with Crippen molar-refractivity contribution in [3.8, 4) is 5.75 Å². The number of carbonyl (C=O) groups is 1. The maximum atomic E-state index is 12.3. The van der Waals surface area contributed by atoms with Crippen molar-refractivity contribution in [2.75, 3.05) is 40.0 Å². The van der Waals surface area contributed by atoms with Crippen molar-refractivity contribution in [1.82, 2.24) is 4.90 Å². The summed E-state index contributed by atoms with van der Waals surface area (Å²) < 4.78 is 11.1. The fourth-order valence-corrected chi connectivity index (χ4v) is 2.53. The van der Waals surface area contributed by atoms with Crippen LogP contribution in [0.25, 0.3) is 0 Å². The third kappa shape index (κ3) is 4.05. The number of ketones is 1. The number of hydrogen-bond donors (Lipinski definition) is 0. The standard InChI is InChI=1S/C17H23NO3/c1-18(7-9-20-12-13-2-3-13)11-16(19)14-4-5-17-15(10-14)6-8-21-17/h4-5,10,13H,2-3,6-9,11-12H2,1H3. The van der Waals surface area contributed by atoms with Gasteiger partial charge in [0.15, 0.2) is 5.78 Å². The van der Waals surface area contributed by atoms with E-state index in [1.807, 2.05) is 30.1 Å². The van der Waals surface area contributed by atoms with Gasteiger partial charge >= 0.3 is 0 Å². The summed E-state index contributed by atoms with van der Waals surface area (Å²) in [6.07, 6.45) is 3.54. The second-order valence-electron chi connectivity index (χ2n) is 6.10. The van der Waals surface area contributed by atoms with E-state index >= 15 is 0 Å². The summed E-state index contributed by atoms with van der Waals surface area (Å²) in [6, 6.07) is 5.75. The molecule has 2 aliphatic rings. The Morgan fingerprint density at radius 3 is 3.10 bits per heavy atom. The molecule has 1 aliphatic heterocycles. The zero-order valence-electron chi connectivity index (χ0n) is 12.6. The molecule has 0 saturated heterocycles. The van der Waals surface area contributed by atoms with Gasteiger partial charge < -0.3 is 9.47 Å². The Balaban J connectivity index is 1.43. The summed E-state index contributed by atoms with van der Waals surface area (Å²) in [5.41, 5.74) is 1.93. The number of hydrogen-bond acceptors (Lipinski definition) is 4. The van der Waals surface area contributed by atoms with Gasteiger partial charge in [-0.1, -0.05) is 0 Å². The van der Waals surface area contributed by atoms with Crippen LogP contribution < -0.4 is 4.74 Å². The molecule has 0 amide bonds. The number of fused-ring (bicyclic) bond motifs is 1. The monoisotopic (exact) mass is 289 g/mol. The minimum atomic E-state index is 0.161. The number of likely N-dealkylation sites (N-methyl/N-ethyl adjacent to an activating group) is 1. The van der Waals surface area contributed by atoms with Crippen molar-refractivity contribution in [2.24, 2.45) is 5.92 Å². The fourth-order valence-electron chi connectivity index (χ4n) is 2.53. The van der Waals surface area contributed by atoms with Crippen molar-refractivity contribution in [1.29, 1.82) is 0 Å². The van der Waals surface area contributed by atoms with Crippen LogP contribution in [0, 0.1) is 5.92 Å². The lowest BCUT2D eigenvalue weighted by Gasteiger charge is -2.16. The Morgan fingerprint density at radius 2 is 2.29 bits per heavy atom. The summed E-state index contributed by atoms with van der Waals surface area (Å²) in [6.45, 7) is 3.55. The van der Waals surface area contributed by atoms with Crippen LogP contribution in [-0.4, -0.2) is 50.6 Å². The number of benzene rings is 1. The molecule has 4 nitrogen and oxygen atoms in total. The highest BCUT2D eigenvalue weighted by Gasteiger charge is 2.21. The molecule has 0 atom stereocenters. The molecule has 21 heavy (non-hydrogen) atoms. The zero-order valence-corrected chi connectivity index (χ0v) is 12.6. The predicted octanol–water partition coefficient (Wildman–Crippen LogP) is 2.16. The highest BCUT2D eigenvalue weighted by molar-refractivity contribution is 5.98. The molecule has 0 bridgehead atoms. The first kappa shape index (κ1) is 14.5. The van der Waals surface area contributed by atoms with Crippen LogP contribution in [0.3, 0.4) is 0 Å². The predicted molar refractivity (Wildman–Crippen MR) is 81.0 cm³/mol. The maximum Gasteiger partial charge on any atom is 0.176 e. The third-order valence-electron chi connectivity index (χ3n) is 4.09. The molecule has 1 aromatic rings. The van der Waals surface area contributed by atoms with Crippen molar-refractivity contribution in [3.05, 3.63) is 29.3 Å². The minimum Gasteiger partial charge on any atom is -0.493 e. The molecule has 0 aromatic heterocycles. The smallest absolute Gasteiger partial charge is 0.176 e. The van der Waals surface area contributed by atoms with E-state index < -0.39 is 0 Å². The number of carbonyl (C=O) groups excluding carboxylic acids is 1. The van der Waals surface area contributed by atoms with Crippen molar-refractivity contribution in [3.63, 3.8) is 0 Å². The first-order valence-electron chi connectivity index (χ1n) is 7.77. The van der Waals surface area contributed by atoms with E-state index in [0.29, 0.717) is 13.2 Å². The topological polar surface area (TPSA) is 38.8 Å². The molecule has 1 aliphatic carbocycles. The average molecular weight is 289 g/mol. The van der Waals surface area contributed by atoms with Crippen LogP contribution in [0.5, 0.6) is 5.75 Å². The summed E-state index contributed by atoms with van der Waals surface area (Å²) in [5, 5.41) is 0. The van der Waals surface area contributed by atoms with E-state index in [9.17, 15) is 4.79 Å². The Hall–Kier alpha value is -1.39. The van der Waals surface area contributed by atoms with E-state index in [4.69, 9.17) is 9.47 Å². The van der Waals surface area contributed by atoms with Gasteiger partial charge in [0.1, 0.15) is 5.75 Å². The number of Topliss-reactive ketones (excluding diaryl/α,β-unsaturated/α-hetero) is 1. The van der Waals surface area contributed by atoms with Crippen LogP contribution in [-0.2, 0) is 11.2 Å². The van der Waals surface area contributed by atoms with E-state index in [0.717, 1.165) is 49.0 Å². The van der Waals surface area contributed by atoms with Gasteiger partial charge in [0, 0.05) is 25.1 Å². The van der Waals surface area contributed by atoms with Gasteiger partial charge in [-0.05, 0) is 49.6 Å². The normalized spacial score (nSPS) is 16.9. The lowest BCUT2D eigenvalue weighted by atomic mass is 10.1. The SMILES string of the molecule is CN(CCOCC1CC1)CC(=O)c1ccc2c(c1)CCO2. The number of nitrogens with zero attached hydrogens (tertiary/aromatic N) is 1. The van der Waals surface area contributed by atoms with Crippen LogP contribution in [0.15, 0.2) is 18.2 Å². The lowest BCUT2D eigenvalue weighted by molar-refractivity contribution is 0.0861. The molecule has 0 spiro atoms. The molecule has 1 fully saturated rings. The van der Waals surface area contributed by atoms with Gasteiger partial charge in [0.25, 0.3) is 0 Å². The summed E-state index contributed by atoms with van der Waals surface area (Å²) in [5.74, 6) is 1.88. The van der Waals surface area contributed by atoms with E-state index in [2.05, 4.69) is 0 Å². The molecule has 114 valence electrons. The van der Waals surface area contributed by atoms with Crippen molar-refractivity contribution < 1.29 is 14.3 Å². The van der Waals surface area contributed by atoms with Crippen LogP contribution in [0.4, 0.5) is 0 Å². The number of ether oxygens (including phenoxy) is 2. The third-order valence-corrected chi connectivity index (χ3v) is 4.09. The molecule has 4 heteroatoms. The summed E-state index contributed by atoms with van der Waals surface area (Å²) in [4.78, 5) is 14.3. The van der Waals surface area contributed by atoms with E-state index in [1.165, 1.54) is 12.8 Å². The first-order valence-corrected chi connectivity index (χ1v) is 7.77. The molecule has 3 rings (SSSR count). The summed E-state index contributed by atoms with van der Waals surface area (Å²) in [7, 11) is 1.97. The molecular formula is C17H23NO3. The van der Waals surface area contributed by atoms with Crippen molar-refractivity contribution >= 4 is 5.78 Å². The van der Waals surface area contributed by atoms with Gasteiger partial charge in [0.2, 0.25) is 0 Å². The Kier molecular flexibility index (Phi) is 4.56. The van der Waals surface area contributed by atoms with Gasteiger partial charge in [-0.15, -0.1) is 0 Å². The largest absolute Gasteiger partial charge is 0.493 e. The Labute approximate surface area is 126 Å². The Bertz CT molecular complexity index is 511. The molecule has 1 saturated carbocycles. The Morgan fingerprint density at radius 1 is 1.43 bits per heavy atom. The molecule has 1 aromatic carbocycles. The number of rotatable bonds is 8. The highest BCUT2D eigenvalue weighted by Crippen LogP contribution is 2.28. The molecule has 0 unspecified atom stereocenters. The molecule has 0 radical (unpaired) electrons. The lowest BCUT2D eigenvalue weighted by Crippen LogP contribution is -2.29. The second-order valence-corrected chi connectivity index (χ2v) is 6.10. The zero-order chi connectivity index (χ0) is 14.7. The second kappa shape index (κ2) is 6.58. The van der Waals surface area contributed by atoms with Gasteiger partial charge in [-0.25, -0.2) is 0 Å². The van der Waals surface area contributed by atoms with E-state index in [-0.39, 0.29) is 5.78 Å². The summed E-state index contributed by atoms with van der Waals surface area (Å²) >= 11 is 0. The van der Waals surface area contributed by atoms with Crippen molar-refractivity contribution in [2.45, 2.75) is 19.3 Å². The fraction of sp³-hybridized carbons (Fsp3) is 0.588. The maximum absolute atomic E-state index is 12.3. The van der Waals surface area contributed by atoms with Gasteiger partial charge in [-0.3, -0.25) is 9.69 Å². The van der Waals surface area contributed by atoms with Gasteiger partial charge in [0.05, 0.1) is 19.8 Å². The van der Waals surface area contributed by atoms with Crippen LogP contribution >= 0.6 is 0 Å². The molecular weight excluding hydrogens is 266 g/mol. The highest BCUT2D eigenvalue weighted by atomic mass is 16.5. The molecule has 0 N–H and O–H groups in total. The quantitative estimate of drug-likeness (QED) is 0.543. The van der Waals surface area contributed by atoms with Crippen LogP contribution in [0.2, 0.25) is 0 Å². The van der Waals surface area contributed by atoms with E-state index in [1.54, 1.807) is 0 Å². The van der Waals surface area contributed by atoms with Gasteiger partial charge in [-0.2, -0.15) is 0 Å². The van der Waals surface area contributed by atoms with Crippen LogP contribution in [0.1, 0.15) is 28.8 Å². The minimum absolute atomic E-state index is 0.161. The molecule has 1 heterocycles. The average Bonchev–Trinajstić information content (AvgIpc) is 3.18.